The summed E-state index contributed by atoms with van der Waals surface area (Å²) in [6, 6.07) is 9.03. The first-order valence-corrected chi connectivity index (χ1v) is 6.36. The highest BCUT2D eigenvalue weighted by Crippen LogP contribution is 1.96. The van der Waals surface area contributed by atoms with Gasteiger partial charge < -0.3 is 0 Å². The van der Waals surface area contributed by atoms with Gasteiger partial charge in [-0.2, -0.15) is 0 Å². The molecule has 0 saturated heterocycles. The largest absolute Gasteiger partial charge is 0.288 e. The molecule has 0 spiro atoms. The Morgan fingerprint density at radius 2 is 1.29 bits per heavy atom. The minimum absolute atomic E-state index is 0.117. The second-order valence-electron chi connectivity index (χ2n) is 2.07. The van der Waals surface area contributed by atoms with Crippen LogP contribution in [-0.4, -0.2) is 13.0 Å². The van der Waals surface area contributed by atoms with E-state index in [-0.39, 0.29) is 5.91 Å². The number of hydrogen-bond acceptors (Lipinski definition) is 2. The highest BCUT2D eigenvalue weighted by atomic mass is 16.2. The Morgan fingerprint density at radius 1 is 0.882 bits per heavy atom. The molecule has 1 rings (SSSR count). The van der Waals surface area contributed by atoms with Crippen molar-refractivity contribution in [1.82, 2.24) is 10.9 Å². The van der Waals surface area contributed by atoms with Crippen molar-refractivity contribution in [3.8, 4) is 0 Å². The molecule has 0 aliphatic heterocycles. The minimum Gasteiger partial charge on any atom is -0.288 e. The summed E-state index contributed by atoms with van der Waals surface area (Å²) in [5.41, 5.74) is 5.69. The molecule has 0 atom stereocenters. The third-order valence-corrected chi connectivity index (χ3v) is 1.27. The van der Waals surface area contributed by atoms with Gasteiger partial charge in [-0.15, -0.1) is 0 Å². The first-order valence-electron chi connectivity index (χ1n) is 6.36. The molecule has 0 heterocycles. The predicted molar refractivity (Wildman–Crippen MR) is 77.0 cm³/mol. The normalized spacial score (nSPS) is 7.00. The third-order valence-electron chi connectivity index (χ3n) is 1.27. The van der Waals surface area contributed by atoms with E-state index in [1.165, 1.54) is 0 Å². The first kappa shape index (κ1) is 21.0. The lowest BCUT2D eigenvalue weighted by Gasteiger charge is -2.00. The summed E-state index contributed by atoms with van der Waals surface area (Å²) in [5, 5.41) is 0. The van der Waals surface area contributed by atoms with E-state index in [4.69, 9.17) is 0 Å². The second-order valence-corrected chi connectivity index (χ2v) is 2.07. The first-order chi connectivity index (χ1) is 8.34. The molecule has 0 unspecified atom stereocenters. The molecule has 0 aliphatic rings. The zero-order valence-electron chi connectivity index (χ0n) is 12.3. The van der Waals surface area contributed by atoms with Crippen molar-refractivity contribution in [2.75, 3.05) is 7.05 Å². The SMILES string of the molecule is CC.CC.CC.CNNC(=O)c1ccccc1. The van der Waals surface area contributed by atoms with Gasteiger partial charge in [0.25, 0.3) is 5.91 Å². The molecular formula is C14H28N2O. The van der Waals surface area contributed by atoms with Crippen LogP contribution in [0.2, 0.25) is 0 Å². The molecule has 100 valence electrons. The van der Waals surface area contributed by atoms with Crippen LogP contribution in [0.25, 0.3) is 0 Å². The number of nitrogens with one attached hydrogen (secondary N) is 2. The van der Waals surface area contributed by atoms with Crippen LogP contribution in [0.15, 0.2) is 30.3 Å². The fourth-order valence-corrected chi connectivity index (χ4v) is 0.775. The maximum absolute atomic E-state index is 11.1. The zero-order chi connectivity index (χ0) is 14.1. The van der Waals surface area contributed by atoms with Crippen molar-refractivity contribution in [2.24, 2.45) is 0 Å². The number of hydrogen-bond donors (Lipinski definition) is 2. The van der Waals surface area contributed by atoms with Crippen LogP contribution in [0.3, 0.4) is 0 Å². The molecule has 1 amide bonds. The molecule has 3 heteroatoms. The van der Waals surface area contributed by atoms with Crippen LogP contribution >= 0.6 is 0 Å². The number of benzene rings is 1. The smallest absolute Gasteiger partial charge is 0.265 e. The van der Waals surface area contributed by atoms with Crippen LogP contribution < -0.4 is 10.9 Å². The number of rotatable bonds is 2. The molecule has 3 nitrogen and oxygen atoms in total. The molecule has 0 fully saturated rings. The minimum atomic E-state index is -0.117. The zero-order valence-corrected chi connectivity index (χ0v) is 12.3. The van der Waals surface area contributed by atoms with E-state index in [1.54, 1.807) is 19.2 Å². The van der Waals surface area contributed by atoms with E-state index >= 15 is 0 Å². The van der Waals surface area contributed by atoms with E-state index in [0.29, 0.717) is 5.56 Å². The van der Waals surface area contributed by atoms with Crippen molar-refractivity contribution < 1.29 is 4.79 Å². The summed E-state index contributed by atoms with van der Waals surface area (Å²) >= 11 is 0. The van der Waals surface area contributed by atoms with Crippen molar-refractivity contribution >= 4 is 5.91 Å². The molecule has 0 bridgehead atoms. The van der Waals surface area contributed by atoms with E-state index < -0.39 is 0 Å². The Labute approximate surface area is 107 Å². The van der Waals surface area contributed by atoms with Crippen molar-refractivity contribution in [3.05, 3.63) is 35.9 Å². The lowest BCUT2D eigenvalue weighted by Crippen LogP contribution is -2.33. The Kier molecular flexibility index (Phi) is 24.8. The van der Waals surface area contributed by atoms with E-state index in [1.807, 2.05) is 59.7 Å². The molecule has 2 N–H and O–H groups in total. The Balaban J connectivity index is -0.000000285. The van der Waals surface area contributed by atoms with E-state index in [9.17, 15) is 4.79 Å². The van der Waals surface area contributed by atoms with Crippen LogP contribution in [0.5, 0.6) is 0 Å². The molecule has 0 aromatic heterocycles. The molecule has 1 aromatic carbocycles. The van der Waals surface area contributed by atoms with Gasteiger partial charge in [-0.25, -0.2) is 5.43 Å². The molecule has 0 aliphatic carbocycles. The molecule has 0 saturated carbocycles. The average Bonchev–Trinajstić information content (AvgIpc) is 2.46. The standard InChI is InChI=1S/C8H10N2O.3C2H6/c1-9-10-8(11)7-5-3-2-4-6-7;3*1-2/h2-6,9H,1H3,(H,10,11);3*1-2H3. The molecule has 17 heavy (non-hydrogen) atoms. The lowest BCUT2D eigenvalue weighted by molar-refractivity contribution is 0.0938. The molecule has 1 aromatic rings. The van der Waals surface area contributed by atoms with Crippen LogP contribution in [0.1, 0.15) is 51.9 Å². The maximum Gasteiger partial charge on any atom is 0.265 e. The fraction of sp³-hybridized carbons (Fsp3) is 0.500. The third kappa shape index (κ3) is 12.6. The Bertz CT molecular complexity index is 235. The van der Waals surface area contributed by atoms with Gasteiger partial charge in [0, 0.05) is 12.6 Å². The molecular weight excluding hydrogens is 212 g/mol. The van der Waals surface area contributed by atoms with Gasteiger partial charge in [0.15, 0.2) is 0 Å². The summed E-state index contributed by atoms with van der Waals surface area (Å²) in [4.78, 5) is 11.1. The topological polar surface area (TPSA) is 41.1 Å². The quantitative estimate of drug-likeness (QED) is 0.775. The van der Waals surface area contributed by atoms with Crippen molar-refractivity contribution in [1.29, 1.82) is 0 Å². The van der Waals surface area contributed by atoms with Gasteiger partial charge in [0.2, 0.25) is 0 Å². The van der Waals surface area contributed by atoms with E-state index in [0.717, 1.165) is 0 Å². The second kappa shape index (κ2) is 20.1. The highest BCUT2D eigenvalue weighted by Gasteiger charge is 1.99. The number of hydrazine groups is 1. The van der Waals surface area contributed by atoms with Crippen LogP contribution in [0, 0.1) is 0 Å². The Hall–Kier alpha value is -1.35. The van der Waals surface area contributed by atoms with Gasteiger partial charge in [-0.05, 0) is 12.1 Å². The van der Waals surface area contributed by atoms with Crippen molar-refractivity contribution in [3.63, 3.8) is 0 Å². The highest BCUT2D eigenvalue weighted by molar-refractivity contribution is 5.93. The Morgan fingerprint density at radius 3 is 1.65 bits per heavy atom. The fourth-order valence-electron chi connectivity index (χ4n) is 0.775. The lowest BCUT2D eigenvalue weighted by atomic mass is 10.2. The summed E-state index contributed by atoms with van der Waals surface area (Å²) in [5.74, 6) is -0.117. The summed E-state index contributed by atoms with van der Waals surface area (Å²) in [7, 11) is 1.65. The van der Waals surface area contributed by atoms with Gasteiger partial charge in [0.1, 0.15) is 0 Å². The summed E-state index contributed by atoms with van der Waals surface area (Å²) in [6.45, 7) is 12.0. The van der Waals surface area contributed by atoms with E-state index in [2.05, 4.69) is 10.9 Å². The predicted octanol–water partition coefficient (Wildman–Crippen LogP) is 3.63. The average molecular weight is 240 g/mol. The van der Waals surface area contributed by atoms with Gasteiger partial charge in [-0.3, -0.25) is 10.2 Å². The maximum atomic E-state index is 11.1. The van der Waals surface area contributed by atoms with Gasteiger partial charge in [0.05, 0.1) is 0 Å². The monoisotopic (exact) mass is 240 g/mol. The van der Waals surface area contributed by atoms with Crippen LogP contribution in [0.4, 0.5) is 0 Å². The number of amides is 1. The number of carbonyl (C=O) groups is 1. The van der Waals surface area contributed by atoms with Crippen LogP contribution in [-0.2, 0) is 0 Å². The van der Waals surface area contributed by atoms with Gasteiger partial charge in [-0.1, -0.05) is 59.7 Å². The summed E-state index contributed by atoms with van der Waals surface area (Å²) in [6.07, 6.45) is 0. The molecule has 0 radical (unpaired) electrons. The van der Waals surface area contributed by atoms with Gasteiger partial charge >= 0.3 is 0 Å². The van der Waals surface area contributed by atoms with Crippen molar-refractivity contribution in [2.45, 2.75) is 41.5 Å². The summed E-state index contributed by atoms with van der Waals surface area (Å²) < 4.78 is 0. The number of carbonyl (C=O) groups excluding carboxylic acids is 1.